The molecule has 1 amide bonds. The van der Waals surface area contributed by atoms with E-state index in [1.807, 2.05) is 32.8 Å². The van der Waals surface area contributed by atoms with Crippen molar-refractivity contribution in [1.82, 2.24) is 15.3 Å². The monoisotopic (exact) mass is 254 g/mol. The molecule has 6 heteroatoms. The molecule has 1 aromatic rings. The molecule has 18 heavy (non-hydrogen) atoms. The van der Waals surface area contributed by atoms with Gasteiger partial charge in [0, 0.05) is 0 Å². The van der Waals surface area contributed by atoms with Crippen molar-refractivity contribution in [2.24, 2.45) is 5.92 Å². The average molecular weight is 254 g/mol. The molecule has 0 aliphatic rings. The summed E-state index contributed by atoms with van der Waals surface area (Å²) in [5, 5.41) is 0. The highest BCUT2D eigenvalue weighted by Crippen LogP contribution is 2.08. The third kappa shape index (κ3) is 3.96. The van der Waals surface area contributed by atoms with E-state index in [1.165, 1.54) is 12.1 Å². The second-order valence-electron chi connectivity index (χ2n) is 4.63. The van der Waals surface area contributed by atoms with Crippen LogP contribution in [0.15, 0.2) is 18.3 Å². The van der Waals surface area contributed by atoms with Crippen LogP contribution in [0.25, 0.3) is 0 Å². The second kappa shape index (κ2) is 6.30. The molecule has 0 radical (unpaired) electrons. The number of amides is 1. The number of rotatable bonds is 5. The molecule has 2 N–H and O–H groups in total. The predicted octanol–water partition coefficient (Wildman–Crippen LogP) is 1.25. The molecule has 1 atom stereocenters. The Morgan fingerprint density at radius 1 is 1.39 bits per heavy atom. The van der Waals surface area contributed by atoms with Crippen molar-refractivity contribution in [3.63, 3.8) is 0 Å². The van der Waals surface area contributed by atoms with Crippen LogP contribution in [0.5, 0.6) is 0 Å². The number of hydrogen-bond donors (Lipinski definition) is 2. The van der Waals surface area contributed by atoms with Gasteiger partial charge in [-0.1, -0.05) is 13.8 Å². The molecule has 0 aliphatic carbocycles. The lowest BCUT2D eigenvalue weighted by molar-refractivity contribution is -0.126. The van der Waals surface area contributed by atoms with Crippen LogP contribution in [0, 0.1) is 11.7 Å². The Morgan fingerprint density at radius 2 is 2.06 bits per heavy atom. The summed E-state index contributed by atoms with van der Waals surface area (Å²) in [6, 6.07) is 2.49. The molecule has 0 saturated heterocycles. The zero-order valence-corrected chi connectivity index (χ0v) is 11.1. The van der Waals surface area contributed by atoms with E-state index in [0.717, 1.165) is 6.20 Å². The maximum Gasteiger partial charge on any atom is 0.255 e. The Morgan fingerprint density at radius 3 is 2.50 bits per heavy atom. The van der Waals surface area contributed by atoms with Gasteiger partial charge in [-0.05, 0) is 32.1 Å². The first-order chi connectivity index (χ1) is 8.41. The minimum Gasteiger partial charge on any atom is -0.298 e. The number of carbonyl (C=O) groups excluding carboxylic acids is 1. The maximum absolute atomic E-state index is 12.6. The Labute approximate surface area is 106 Å². The fourth-order valence-corrected chi connectivity index (χ4v) is 1.78. The molecular weight excluding hydrogens is 235 g/mol. The molecular formula is C12H19FN4O. The predicted molar refractivity (Wildman–Crippen MR) is 68.3 cm³/mol. The van der Waals surface area contributed by atoms with Gasteiger partial charge in [0.25, 0.3) is 5.91 Å². The highest BCUT2D eigenvalue weighted by Gasteiger charge is 2.23. The van der Waals surface area contributed by atoms with Gasteiger partial charge in [0.1, 0.15) is 11.6 Å². The molecule has 0 aromatic carbocycles. The van der Waals surface area contributed by atoms with Crippen LogP contribution >= 0.6 is 0 Å². The van der Waals surface area contributed by atoms with E-state index in [4.69, 9.17) is 0 Å². The zero-order chi connectivity index (χ0) is 13.7. The summed E-state index contributed by atoms with van der Waals surface area (Å²) in [4.78, 5) is 17.6. The van der Waals surface area contributed by atoms with Gasteiger partial charge >= 0.3 is 0 Å². The number of hydrogen-bond acceptors (Lipinski definition) is 4. The summed E-state index contributed by atoms with van der Waals surface area (Å²) >= 11 is 0. The van der Waals surface area contributed by atoms with Crippen LogP contribution in [0.4, 0.5) is 10.2 Å². The average Bonchev–Trinajstić information content (AvgIpc) is 2.27. The van der Waals surface area contributed by atoms with Crippen molar-refractivity contribution in [3.05, 3.63) is 24.1 Å². The van der Waals surface area contributed by atoms with E-state index in [2.05, 4.69) is 15.8 Å². The minimum absolute atomic E-state index is 0.152. The van der Waals surface area contributed by atoms with Crippen LogP contribution < -0.4 is 10.9 Å². The summed E-state index contributed by atoms with van der Waals surface area (Å²) in [5.41, 5.74) is 5.22. The largest absolute Gasteiger partial charge is 0.298 e. The smallest absolute Gasteiger partial charge is 0.255 e. The summed E-state index contributed by atoms with van der Waals surface area (Å²) in [7, 11) is 3.70. The van der Waals surface area contributed by atoms with Crippen LogP contribution in [0.3, 0.4) is 0 Å². The molecule has 0 saturated carbocycles. The number of nitrogens with zero attached hydrogens (tertiary/aromatic N) is 2. The van der Waals surface area contributed by atoms with Gasteiger partial charge in [-0.3, -0.25) is 20.5 Å². The van der Waals surface area contributed by atoms with Crippen molar-refractivity contribution < 1.29 is 9.18 Å². The van der Waals surface area contributed by atoms with Gasteiger partial charge in [0.05, 0.1) is 12.2 Å². The Hall–Kier alpha value is -1.69. The van der Waals surface area contributed by atoms with E-state index in [9.17, 15) is 9.18 Å². The van der Waals surface area contributed by atoms with Gasteiger partial charge in [-0.2, -0.15) is 0 Å². The van der Waals surface area contributed by atoms with Crippen LogP contribution in [0.1, 0.15) is 13.8 Å². The lowest BCUT2D eigenvalue weighted by atomic mass is 10.0. The highest BCUT2D eigenvalue weighted by molar-refractivity contribution is 5.82. The third-order valence-electron chi connectivity index (χ3n) is 2.50. The van der Waals surface area contributed by atoms with Gasteiger partial charge in [-0.25, -0.2) is 9.37 Å². The van der Waals surface area contributed by atoms with E-state index in [1.54, 1.807) is 0 Å². The molecule has 0 spiro atoms. The number of carbonyl (C=O) groups is 1. The normalized spacial score (nSPS) is 12.6. The number of aromatic nitrogens is 1. The zero-order valence-electron chi connectivity index (χ0n) is 11.1. The number of anilines is 1. The van der Waals surface area contributed by atoms with E-state index in [0.29, 0.717) is 5.82 Å². The lowest BCUT2D eigenvalue weighted by Crippen LogP contribution is -2.48. The number of pyridine rings is 1. The molecule has 5 nitrogen and oxygen atoms in total. The van der Waals surface area contributed by atoms with E-state index < -0.39 is 5.82 Å². The summed E-state index contributed by atoms with van der Waals surface area (Å²) < 4.78 is 12.6. The highest BCUT2D eigenvalue weighted by atomic mass is 19.1. The molecule has 0 bridgehead atoms. The Balaban J connectivity index is 2.57. The third-order valence-corrected chi connectivity index (χ3v) is 2.50. The van der Waals surface area contributed by atoms with Crippen molar-refractivity contribution in [2.75, 3.05) is 19.5 Å². The molecule has 0 unspecified atom stereocenters. The van der Waals surface area contributed by atoms with E-state index in [-0.39, 0.29) is 17.9 Å². The number of hydrazine groups is 1. The minimum atomic E-state index is -0.416. The molecule has 0 aliphatic heterocycles. The Bertz CT molecular complexity index is 384. The lowest BCUT2D eigenvalue weighted by Gasteiger charge is -2.26. The molecule has 1 heterocycles. The summed E-state index contributed by atoms with van der Waals surface area (Å²) in [6.07, 6.45) is 1.08. The molecule has 1 rings (SSSR count). The fraction of sp³-hybridized carbons (Fsp3) is 0.500. The standard InChI is InChI=1S/C12H19FN4O/c1-8(2)11(17(3)4)12(18)16-15-10-6-5-9(13)7-14-10/h5-8,11H,1-4H3,(H,14,15)(H,16,18)/t11-/m0/s1. The molecule has 100 valence electrons. The number of nitrogens with one attached hydrogen (secondary N) is 2. The molecule has 0 fully saturated rings. The topological polar surface area (TPSA) is 57.3 Å². The second-order valence-corrected chi connectivity index (χ2v) is 4.63. The van der Waals surface area contributed by atoms with E-state index >= 15 is 0 Å². The first-order valence-corrected chi connectivity index (χ1v) is 5.75. The van der Waals surface area contributed by atoms with Crippen molar-refractivity contribution in [3.8, 4) is 0 Å². The van der Waals surface area contributed by atoms with Crippen LogP contribution in [-0.4, -0.2) is 35.9 Å². The first-order valence-electron chi connectivity index (χ1n) is 5.75. The van der Waals surface area contributed by atoms with Crippen molar-refractivity contribution in [1.29, 1.82) is 0 Å². The summed E-state index contributed by atoms with van der Waals surface area (Å²) in [5.74, 6) is 0.00957. The SMILES string of the molecule is CC(C)[C@@H](C(=O)NNc1ccc(F)cn1)N(C)C. The summed E-state index contributed by atoms with van der Waals surface area (Å²) in [6.45, 7) is 3.95. The molecule has 1 aromatic heterocycles. The van der Waals surface area contributed by atoms with Crippen molar-refractivity contribution in [2.45, 2.75) is 19.9 Å². The quantitative estimate of drug-likeness (QED) is 0.776. The van der Waals surface area contributed by atoms with Gasteiger partial charge in [-0.15, -0.1) is 0 Å². The Kier molecular flexibility index (Phi) is 5.03. The van der Waals surface area contributed by atoms with Crippen molar-refractivity contribution >= 4 is 11.7 Å². The fourth-order valence-electron chi connectivity index (χ4n) is 1.78. The maximum atomic E-state index is 12.6. The van der Waals surface area contributed by atoms with Crippen LogP contribution in [0.2, 0.25) is 0 Å². The van der Waals surface area contributed by atoms with Gasteiger partial charge in [0.2, 0.25) is 0 Å². The van der Waals surface area contributed by atoms with Gasteiger partial charge < -0.3 is 0 Å². The van der Waals surface area contributed by atoms with Gasteiger partial charge in [0.15, 0.2) is 0 Å². The number of halogens is 1. The number of likely N-dealkylation sites (N-methyl/N-ethyl adjacent to an activating group) is 1. The first kappa shape index (κ1) is 14.4. The van der Waals surface area contributed by atoms with Crippen LogP contribution in [-0.2, 0) is 4.79 Å².